The molecule has 0 amide bonds. The zero-order chi connectivity index (χ0) is 22.3. The maximum atomic E-state index is 12.9. The second kappa shape index (κ2) is 11.0. The third kappa shape index (κ3) is 5.53. The first-order valence-electron chi connectivity index (χ1n) is 9.69. The van der Waals surface area contributed by atoms with Crippen molar-refractivity contribution < 1.29 is 24.5 Å². The Morgan fingerprint density at radius 2 is 1.90 bits per heavy atom. The maximum absolute atomic E-state index is 12.9. The summed E-state index contributed by atoms with van der Waals surface area (Å²) < 4.78 is 10.7. The van der Waals surface area contributed by atoms with Crippen LogP contribution >= 0.6 is 11.6 Å². The second-order valence-corrected chi connectivity index (χ2v) is 7.23. The van der Waals surface area contributed by atoms with E-state index in [1.165, 1.54) is 26.4 Å². The number of ketones is 1. The molecule has 2 aromatic carbocycles. The number of allylic oxidation sites excluding steroid dienone is 1. The number of nitrogens with one attached hydrogen (secondary N) is 1. The van der Waals surface area contributed by atoms with Crippen LogP contribution in [0.2, 0.25) is 5.02 Å². The van der Waals surface area contributed by atoms with Gasteiger partial charge in [-0.15, -0.1) is 0 Å². The van der Waals surface area contributed by atoms with Crippen molar-refractivity contribution in [3.05, 3.63) is 58.1 Å². The lowest BCUT2D eigenvalue weighted by Crippen LogP contribution is -2.38. The average Bonchev–Trinajstić information content (AvgIpc) is 2.73. The zero-order valence-corrected chi connectivity index (χ0v) is 18.4. The first-order chi connectivity index (χ1) is 14.3. The molecule has 30 heavy (non-hydrogen) atoms. The van der Waals surface area contributed by atoms with Crippen LogP contribution in [0.3, 0.4) is 0 Å². The van der Waals surface area contributed by atoms with Gasteiger partial charge in [-0.05, 0) is 37.3 Å². The largest absolute Gasteiger partial charge is 0.507 e. The summed E-state index contributed by atoms with van der Waals surface area (Å²) in [6.45, 7) is 4.48. The number of hydrogen-bond acceptors (Lipinski definition) is 6. The highest BCUT2D eigenvalue weighted by molar-refractivity contribution is 6.32. The van der Waals surface area contributed by atoms with Gasteiger partial charge in [-0.1, -0.05) is 36.7 Å². The fourth-order valence-corrected chi connectivity index (χ4v) is 3.34. The molecule has 6 nitrogen and oxygen atoms in total. The SMILES string of the molecule is CCNC(C)C(O)Cc1c(OC)cc(OC)c(C(=O)C=Cc2ccccc2Cl)c1O. The summed E-state index contributed by atoms with van der Waals surface area (Å²) in [6, 6.07) is 8.44. The Hall–Kier alpha value is -2.54. The molecule has 0 aromatic heterocycles. The van der Waals surface area contributed by atoms with Crippen molar-refractivity contribution in [2.24, 2.45) is 0 Å². The first kappa shape index (κ1) is 23.7. The number of benzene rings is 2. The summed E-state index contributed by atoms with van der Waals surface area (Å²) in [4.78, 5) is 12.9. The maximum Gasteiger partial charge on any atom is 0.193 e. The van der Waals surface area contributed by atoms with Crippen LogP contribution in [-0.2, 0) is 6.42 Å². The minimum absolute atomic E-state index is 0.0000858. The van der Waals surface area contributed by atoms with Crippen LogP contribution in [0.5, 0.6) is 17.2 Å². The monoisotopic (exact) mass is 433 g/mol. The number of likely N-dealkylation sites (N-methyl/N-ethyl adjacent to an activating group) is 1. The average molecular weight is 434 g/mol. The zero-order valence-electron chi connectivity index (χ0n) is 17.6. The number of halogens is 1. The van der Waals surface area contributed by atoms with E-state index in [0.717, 1.165) is 0 Å². The number of phenolic OH excluding ortho intramolecular Hbond substituents is 1. The number of aromatic hydroxyl groups is 1. The van der Waals surface area contributed by atoms with Crippen molar-refractivity contribution in [1.29, 1.82) is 0 Å². The molecule has 0 saturated carbocycles. The predicted octanol–water partition coefficient (Wildman–Crippen LogP) is 3.86. The number of ether oxygens (including phenoxy) is 2. The van der Waals surface area contributed by atoms with Crippen molar-refractivity contribution >= 4 is 23.5 Å². The molecule has 0 bridgehead atoms. The number of carbonyl (C=O) groups excluding carboxylic acids is 1. The van der Waals surface area contributed by atoms with Gasteiger partial charge in [0.2, 0.25) is 0 Å². The Labute approximate surface area is 182 Å². The number of hydrogen-bond donors (Lipinski definition) is 3. The van der Waals surface area contributed by atoms with E-state index in [0.29, 0.717) is 28.4 Å². The highest BCUT2D eigenvalue weighted by atomic mass is 35.5. The van der Waals surface area contributed by atoms with Crippen LogP contribution in [0.25, 0.3) is 6.08 Å². The molecule has 0 aliphatic heterocycles. The quantitative estimate of drug-likeness (QED) is 0.389. The van der Waals surface area contributed by atoms with Crippen LogP contribution in [0.1, 0.15) is 35.3 Å². The topological polar surface area (TPSA) is 88.0 Å². The van der Waals surface area contributed by atoms with E-state index in [-0.39, 0.29) is 29.5 Å². The minimum atomic E-state index is -0.792. The Morgan fingerprint density at radius 1 is 1.23 bits per heavy atom. The van der Waals surface area contributed by atoms with E-state index < -0.39 is 11.9 Å². The van der Waals surface area contributed by atoms with Gasteiger partial charge in [0.05, 0.1) is 20.3 Å². The lowest BCUT2D eigenvalue weighted by molar-refractivity contribution is 0.104. The fourth-order valence-electron chi connectivity index (χ4n) is 3.14. The normalized spacial score (nSPS) is 13.3. The summed E-state index contributed by atoms with van der Waals surface area (Å²) in [5, 5.41) is 25.1. The van der Waals surface area contributed by atoms with Crippen molar-refractivity contribution in [2.75, 3.05) is 20.8 Å². The molecule has 0 aliphatic rings. The van der Waals surface area contributed by atoms with Gasteiger partial charge in [-0.25, -0.2) is 0 Å². The van der Waals surface area contributed by atoms with Crippen molar-refractivity contribution in [2.45, 2.75) is 32.4 Å². The fraction of sp³-hybridized carbons (Fsp3) is 0.348. The molecule has 2 rings (SSSR count). The molecule has 0 saturated heterocycles. The van der Waals surface area contributed by atoms with Crippen LogP contribution < -0.4 is 14.8 Å². The molecule has 0 fully saturated rings. The van der Waals surface area contributed by atoms with Gasteiger partial charge in [0.25, 0.3) is 0 Å². The number of rotatable bonds is 10. The van der Waals surface area contributed by atoms with E-state index in [1.807, 2.05) is 19.9 Å². The number of aliphatic hydroxyl groups excluding tert-OH is 1. The van der Waals surface area contributed by atoms with E-state index in [9.17, 15) is 15.0 Å². The van der Waals surface area contributed by atoms with E-state index >= 15 is 0 Å². The lowest BCUT2D eigenvalue weighted by atomic mass is 9.96. The molecule has 2 atom stereocenters. The van der Waals surface area contributed by atoms with Crippen LogP contribution in [-0.4, -0.2) is 48.9 Å². The highest BCUT2D eigenvalue weighted by Gasteiger charge is 2.26. The molecule has 0 aliphatic carbocycles. The van der Waals surface area contributed by atoms with Gasteiger partial charge in [-0.3, -0.25) is 4.79 Å². The molecule has 0 heterocycles. The summed E-state index contributed by atoms with van der Waals surface area (Å²) in [6.07, 6.45) is 2.21. The predicted molar refractivity (Wildman–Crippen MR) is 119 cm³/mol. The molecule has 0 spiro atoms. The molecular weight excluding hydrogens is 406 g/mol. The molecule has 2 unspecified atom stereocenters. The van der Waals surface area contributed by atoms with Crippen LogP contribution in [0.4, 0.5) is 0 Å². The number of carbonyl (C=O) groups is 1. The van der Waals surface area contributed by atoms with E-state index in [2.05, 4.69) is 5.32 Å². The molecule has 0 radical (unpaired) electrons. The Kier molecular flexibility index (Phi) is 8.72. The summed E-state index contributed by atoms with van der Waals surface area (Å²) in [5.74, 6) is -0.222. The summed E-state index contributed by atoms with van der Waals surface area (Å²) >= 11 is 6.13. The minimum Gasteiger partial charge on any atom is -0.507 e. The molecule has 7 heteroatoms. The Bertz CT molecular complexity index is 913. The van der Waals surface area contributed by atoms with Crippen LogP contribution in [0.15, 0.2) is 36.4 Å². The molecule has 162 valence electrons. The van der Waals surface area contributed by atoms with Gasteiger partial charge in [0, 0.05) is 29.1 Å². The van der Waals surface area contributed by atoms with Gasteiger partial charge >= 0.3 is 0 Å². The van der Waals surface area contributed by atoms with Gasteiger partial charge in [-0.2, -0.15) is 0 Å². The molecule has 3 N–H and O–H groups in total. The third-order valence-corrected chi connectivity index (χ3v) is 5.20. The van der Waals surface area contributed by atoms with E-state index in [1.54, 1.807) is 24.3 Å². The number of methoxy groups -OCH3 is 2. The second-order valence-electron chi connectivity index (χ2n) is 6.82. The standard InChI is InChI=1S/C23H28ClNO5/c1-5-25-14(2)19(27)12-16-20(29-3)13-21(30-4)22(23(16)28)18(26)11-10-15-8-6-7-9-17(15)24/h6-11,13-14,19,25,27-28H,5,12H2,1-4H3. The lowest BCUT2D eigenvalue weighted by Gasteiger charge is -2.22. The molecular formula is C23H28ClNO5. The van der Waals surface area contributed by atoms with Crippen molar-refractivity contribution in [3.63, 3.8) is 0 Å². The van der Waals surface area contributed by atoms with Gasteiger partial charge in [0.1, 0.15) is 22.8 Å². The van der Waals surface area contributed by atoms with Gasteiger partial charge < -0.3 is 25.0 Å². The van der Waals surface area contributed by atoms with E-state index in [4.69, 9.17) is 21.1 Å². The smallest absolute Gasteiger partial charge is 0.193 e. The van der Waals surface area contributed by atoms with Crippen molar-refractivity contribution in [3.8, 4) is 17.2 Å². The number of phenols is 1. The third-order valence-electron chi connectivity index (χ3n) is 4.85. The van der Waals surface area contributed by atoms with Crippen molar-refractivity contribution in [1.82, 2.24) is 5.32 Å². The Morgan fingerprint density at radius 3 is 2.50 bits per heavy atom. The van der Waals surface area contributed by atoms with Crippen LogP contribution in [0, 0.1) is 0 Å². The van der Waals surface area contributed by atoms with Gasteiger partial charge in [0.15, 0.2) is 5.78 Å². The first-order valence-corrected chi connectivity index (χ1v) is 10.1. The highest BCUT2D eigenvalue weighted by Crippen LogP contribution is 2.40. The Balaban J connectivity index is 2.45. The summed E-state index contributed by atoms with van der Waals surface area (Å²) in [5.41, 5.74) is 1.01. The summed E-state index contributed by atoms with van der Waals surface area (Å²) in [7, 11) is 2.86. The molecule has 2 aromatic rings. The number of aliphatic hydroxyl groups is 1.